The Labute approximate surface area is 90.1 Å². The van der Waals surface area contributed by atoms with Gasteiger partial charge in [-0.05, 0) is 12.5 Å². The molecule has 0 fully saturated rings. The third kappa shape index (κ3) is 4.24. The lowest BCUT2D eigenvalue weighted by Gasteiger charge is -2.17. The van der Waals surface area contributed by atoms with Crippen molar-refractivity contribution >= 4 is 8.60 Å². The van der Waals surface area contributed by atoms with Crippen LogP contribution in [0.2, 0.25) is 0 Å². The summed E-state index contributed by atoms with van der Waals surface area (Å²) in [5, 5.41) is 8.83. The SMILES string of the molecule is Cc1ccc(C(CCO)OP(O)O)cc1. The molecule has 4 nitrogen and oxygen atoms in total. The average Bonchev–Trinajstić information content (AvgIpc) is 2.17. The molecule has 0 aromatic heterocycles. The van der Waals surface area contributed by atoms with Crippen molar-refractivity contribution in [1.82, 2.24) is 0 Å². The first kappa shape index (κ1) is 12.6. The Morgan fingerprint density at radius 3 is 2.33 bits per heavy atom. The van der Waals surface area contributed by atoms with Gasteiger partial charge in [-0.1, -0.05) is 29.8 Å². The summed E-state index contributed by atoms with van der Waals surface area (Å²) in [5.74, 6) is 0. The van der Waals surface area contributed by atoms with Gasteiger partial charge in [-0.15, -0.1) is 0 Å². The van der Waals surface area contributed by atoms with Crippen LogP contribution >= 0.6 is 8.60 Å². The van der Waals surface area contributed by atoms with Gasteiger partial charge in [0.1, 0.15) is 0 Å². The standard InChI is InChI=1S/C10H15O4P/c1-8-2-4-9(5-3-8)10(6-7-11)14-15(12)13/h2-5,10-13H,6-7H2,1H3. The van der Waals surface area contributed by atoms with Gasteiger partial charge in [-0.2, -0.15) is 0 Å². The molecule has 0 saturated carbocycles. The van der Waals surface area contributed by atoms with Crippen LogP contribution in [-0.4, -0.2) is 21.5 Å². The van der Waals surface area contributed by atoms with Gasteiger partial charge in [0.25, 0.3) is 0 Å². The summed E-state index contributed by atoms with van der Waals surface area (Å²) < 4.78 is 4.93. The number of hydrogen-bond acceptors (Lipinski definition) is 4. The van der Waals surface area contributed by atoms with E-state index in [1.165, 1.54) is 0 Å². The molecule has 0 bridgehead atoms. The Hall–Kier alpha value is -0.510. The van der Waals surface area contributed by atoms with Gasteiger partial charge >= 0.3 is 8.60 Å². The molecule has 5 heteroatoms. The number of benzene rings is 1. The van der Waals surface area contributed by atoms with Crippen molar-refractivity contribution in [3.05, 3.63) is 35.4 Å². The zero-order valence-corrected chi connectivity index (χ0v) is 9.39. The van der Waals surface area contributed by atoms with Gasteiger partial charge in [0.2, 0.25) is 0 Å². The van der Waals surface area contributed by atoms with Gasteiger partial charge < -0.3 is 19.4 Å². The van der Waals surface area contributed by atoms with E-state index < -0.39 is 14.7 Å². The van der Waals surface area contributed by atoms with Crippen LogP contribution in [0.3, 0.4) is 0 Å². The largest absolute Gasteiger partial charge is 0.396 e. The molecule has 0 heterocycles. The van der Waals surface area contributed by atoms with Gasteiger partial charge in [-0.3, -0.25) is 0 Å². The molecule has 84 valence electrons. The summed E-state index contributed by atoms with van der Waals surface area (Å²) in [6.45, 7) is 1.92. The molecule has 0 radical (unpaired) electrons. The van der Waals surface area contributed by atoms with Gasteiger partial charge in [0.05, 0.1) is 6.10 Å². The number of rotatable bonds is 5. The topological polar surface area (TPSA) is 69.9 Å². The van der Waals surface area contributed by atoms with Crippen LogP contribution < -0.4 is 0 Å². The molecule has 0 aliphatic carbocycles. The molecule has 0 amide bonds. The van der Waals surface area contributed by atoms with Crippen molar-refractivity contribution in [1.29, 1.82) is 0 Å². The summed E-state index contributed by atoms with van der Waals surface area (Å²) in [5.41, 5.74) is 1.96. The van der Waals surface area contributed by atoms with Crippen molar-refractivity contribution in [3.8, 4) is 0 Å². The second kappa shape index (κ2) is 6.16. The number of aryl methyl sites for hydroxylation is 1. The predicted octanol–water partition coefficient (Wildman–Crippen LogP) is 1.65. The molecular formula is C10H15O4P. The maximum absolute atomic E-state index is 8.83. The van der Waals surface area contributed by atoms with E-state index in [1.54, 1.807) is 0 Å². The van der Waals surface area contributed by atoms with Gasteiger partial charge in [-0.25, -0.2) is 0 Å². The third-order valence-corrected chi connectivity index (χ3v) is 2.50. The van der Waals surface area contributed by atoms with Crippen LogP contribution in [-0.2, 0) is 4.52 Å². The minimum atomic E-state index is -2.39. The molecule has 15 heavy (non-hydrogen) atoms. The minimum absolute atomic E-state index is 0.0539. The molecule has 3 N–H and O–H groups in total. The maximum atomic E-state index is 8.83. The van der Waals surface area contributed by atoms with E-state index in [-0.39, 0.29) is 6.61 Å². The van der Waals surface area contributed by atoms with Crippen LogP contribution in [0, 0.1) is 6.92 Å². The zero-order valence-electron chi connectivity index (χ0n) is 8.50. The van der Waals surface area contributed by atoms with Crippen molar-refractivity contribution in [3.63, 3.8) is 0 Å². The molecule has 0 spiro atoms. The zero-order chi connectivity index (χ0) is 11.3. The van der Waals surface area contributed by atoms with E-state index in [2.05, 4.69) is 0 Å². The second-order valence-corrected chi connectivity index (χ2v) is 3.99. The monoisotopic (exact) mass is 230 g/mol. The van der Waals surface area contributed by atoms with E-state index in [0.29, 0.717) is 6.42 Å². The number of aliphatic hydroxyl groups excluding tert-OH is 1. The fraction of sp³-hybridized carbons (Fsp3) is 0.400. The van der Waals surface area contributed by atoms with Crippen LogP contribution in [0.4, 0.5) is 0 Å². The van der Waals surface area contributed by atoms with Crippen molar-refractivity contribution in [2.75, 3.05) is 6.61 Å². The Bertz CT molecular complexity index is 286. The second-order valence-electron chi connectivity index (χ2n) is 3.27. The lowest BCUT2D eigenvalue weighted by atomic mass is 10.1. The number of aliphatic hydroxyl groups is 1. The van der Waals surface area contributed by atoms with E-state index >= 15 is 0 Å². The fourth-order valence-corrected chi connectivity index (χ4v) is 1.75. The molecule has 1 atom stereocenters. The highest BCUT2D eigenvalue weighted by atomic mass is 31.2. The smallest absolute Gasteiger partial charge is 0.327 e. The first-order valence-corrected chi connectivity index (χ1v) is 5.82. The van der Waals surface area contributed by atoms with Crippen molar-refractivity contribution in [2.45, 2.75) is 19.4 Å². The minimum Gasteiger partial charge on any atom is -0.396 e. The highest BCUT2D eigenvalue weighted by Crippen LogP contribution is 2.35. The quantitative estimate of drug-likeness (QED) is 0.672. The van der Waals surface area contributed by atoms with E-state index in [4.69, 9.17) is 19.4 Å². The molecule has 0 aliphatic heterocycles. The fourth-order valence-electron chi connectivity index (χ4n) is 1.29. The molecule has 1 aromatic rings. The lowest BCUT2D eigenvalue weighted by molar-refractivity contribution is 0.136. The Kier molecular flexibility index (Phi) is 5.15. The maximum Gasteiger partial charge on any atom is 0.327 e. The summed E-state index contributed by atoms with van der Waals surface area (Å²) in [6.07, 6.45) is -0.111. The Morgan fingerprint density at radius 2 is 1.87 bits per heavy atom. The predicted molar refractivity (Wildman–Crippen MR) is 58.1 cm³/mol. The molecule has 0 saturated heterocycles. The third-order valence-electron chi connectivity index (χ3n) is 2.06. The van der Waals surface area contributed by atoms with Crippen molar-refractivity contribution in [2.24, 2.45) is 0 Å². The van der Waals surface area contributed by atoms with Crippen molar-refractivity contribution < 1.29 is 19.4 Å². The Morgan fingerprint density at radius 1 is 1.27 bits per heavy atom. The molecule has 1 aromatic carbocycles. The summed E-state index contributed by atoms with van der Waals surface area (Å²) in [7, 11) is -2.39. The number of hydrogen-bond donors (Lipinski definition) is 3. The van der Waals surface area contributed by atoms with Crippen LogP contribution in [0.5, 0.6) is 0 Å². The average molecular weight is 230 g/mol. The lowest BCUT2D eigenvalue weighted by Crippen LogP contribution is -2.03. The van der Waals surface area contributed by atoms with Gasteiger partial charge in [0.15, 0.2) is 0 Å². The normalized spacial score (nSPS) is 13.1. The molecule has 1 unspecified atom stereocenters. The first-order valence-electron chi connectivity index (χ1n) is 4.65. The van der Waals surface area contributed by atoms with Crippen LogP contribution in [0.1, 0.15) is 23.7 Å². The Balaban J connectivity index is 2.74. The van der Waals surface area contributed by atoms with Gasteiger partial charge in [0, 0.05) is 13.0 Å². The summed E-state index contributed by atoms with van der Waals surface area (Å²) in [6, 6.07) is 7.54. The summed E-state index contributed by atoms with van der Waals surface area (Å²) in [4.78, 5) is 17.6. The van der Waals surface area contributed by atoms with Crippen LogP contribution in [0.25, 0.3) is 0 Å². The van der Waals surface area contributed by atoms with E-state index in [0.717, 1.165) is 11.1 Å². The molecular weight excluding hydrogens is 215 g/mol. The summed E-state index contributed by atoms with van der Waals surface area (Å²) >= 11 is 0. The molecule has 0 aliphatic rings. The molecule has 1 rings (SSSR count). The first-order chi connectivity index (χ1) is 7.13. The van der Waals surface area contributed by atoms with E-state index in [9.17, 15) is 0 Å². The highest BCUT2D eigenvalue weighted by molar-refractivity contribution is 7.39. The highest BCUT2D eigenvalue weighted by Gasteiger charge is 2.15. The van der Waals surface area contributed by atoms with Crippen LogP contribution in [0.15, 0.2) is 24.3 Å². The van der Waals surface area contributed by atoms with E-state index in [1.807, 2.05) is 31.2 Å².